The van der Waals surface area contributed by atoms with Crippen LogP contribution in [-0.2, 0) is 65.0 Å². The smallest absolute Gasteiger partial charge is 0.252 e. The van der Waals surface area contributed by atoms with Crippen LogP contribution in [0.25, 0.3) is 94.3 Å². The van der Waals surface area contributed by atoms with Crippen LogP contribution >= 0.6 is 0 Å². The molecule has 0 saturated heterocycles. The molecule has 4 heteroatoms. The first-order chi connectivity index (χ1) is 65.9. The van der Waals surface area contributed by atoms with E-state index in [9.17, 15) is 17.8 Å². The Morgan fingerprint density at radius 1 is 0.223 bits per heavy atom. The maximum atomic E-state index is 12.0. The molecule has 3 nitrogen and oxygen atoms in total. The van der Waals surface area contributed by atoms with Gasteiger partial charge in [-0.3, -0.25) is 0 Å². The lowest BCUT2D eigenvalue weighted by Gasteiger charge is -2.46. The number of fused-ring (bicyclic) bond motifs is 7. The van der Waals surface area contributed by atoms with E-state index in [1.54, 1.807) is 0 Å². The topological polar surface area (TPSA) is 11.4 Å². The van der Waals surface area contributed by atoms with Crippen LogP contribution in [0.5, 0.6) is 0 Å². The zero-order valence-corrected chi connectivity index (χ0v) is 84.9. The van der Waals surface area contributed by atoms with E-state index < -0.39 is 85.7 Å². The summed E-state index contributed by atoms with van der Waals surface area (Å²) in [5, 5.41) is 2.05. The second-order valence-corrected chi connectivity index (χ2v) is 49.9. The molecule has 0 aliphatic carbocycles. The van der Waals surface area contributed by atoms with Gasteiger partial charge < -0.3 is 14.4 Å². The molecule has 670 valence electrons. The molecule has 14 aromatic rings. The molecule has 0 unspecified atom stereocenters. The lowest BCUT2D eigenvalue weighted by Crippen LogP contribution is -2.61. The van der Waals surface area contributed by atoms with Crippen molar-refractivity contribution in [1.82, 2.24) is 4.57 Å². The van der Waals surface area contributed by atoms with Crippen molar-refractivity contribution in [2.45, 2.75) is 314 Å². The first-order valence-electron chi connectivity index (χ1n) is 54.2. The predicted octanol–water partition coefficient (Wildman–Crippen LogP) is 34.4. The minimum atomic E-state index is -1.14. The van der Waals surface area contributed by atoms with Crippen LogP contribution in [0.4, 0.5) is 34.1 Å². The fraction of sp³-hybridized carbons (Fsp3) is 0.381. The monoisotopic (exact) mass is 1730 g/mol. The summed E-state index contributed by atoms with van der Waals surface area (Å²) in [6.45, 7) is 76.2. The normalized spacial score (nSPS) is 15.5. The van der Waals surface area contributed by atoms with Crippen molar-refractivity contribution in [3.05, 3.63) is 309 Å². The number of rotatable bonds is 9. The average molecular weight is 1730 g/mol. The van der Waals surface area contributed by atoms with Gasteiger partial charge in [0.05, 0.1) is 41.6 Å². The van der Waals surface area contributed by atoms with Crippen LogP contribution in [-0.4, -0.2) is 11.3 Å². The van der Waals surface area contributed by atoms with Crippen molar-refractivity contribution in [3.63, 3.8) is 0 Å². The molecule has 0 N–H and O–H groups in total. The number of hydrogen-bond acceptors (Lipinski definition) is 2. The second kappa shape index (κ2) is 31.5. The summed E-state index contributed by atoms with van der Waals surface area (Å²) in [7, 11) is 0. The number of aromatic nitrogens is 1. The molecule has 130 heavy (non-hydrogen) atoms. The molecule has 16 rings (SSSR count). The highest BCUT2D eigenvalue weighted by Gasteiger charge is 2.48. The number of nitrogens with zero attached hydrogens (tertiary/aromatic N) is 3. The molecule has 0 spiro atoms. The highest BCUT2D eigenvalue weighted by molar-refractivity contribution is 7.00. The van der Waals surface area contributed by atoms with Crippen molar-refractivity contribution < 1.29 is 19.2 Å². The molecular formula is C126H148BN3. The molecule has 0 saturated carbocycles. The fourth-order valence-corrected chi connectivity index (χ4v) is 18.6. The number of anilines is 6. The zero-order chi connectivity index (χ0) is 107. The van der Waals surface area contributed by atoms with Crippen molar-refractivity contribution in [2.75, 3.05) is 9.80 Å². The van der Waals surface area contributed by atoms with E-state index in [0.29, 0.717) is 50.5 Å². The van der Waals surface area contributed by atoms with E-state index in [-0.39, 0.29) is 126 Å². The summed E-state index contributed by atoms with van der Waals surface area (Å²) in [4.78, 5) is 4.56. The molecular weight excluding hydrogens is 1570 g/mol. The van der Waals surface area contributed by atoms with Gasteiger partial charge in [0.25, 0.3) is 6.71 Å². The van der Waals surface area contributed by atoms with Gasteiger partial charge in [0.1, 0.15) is 0 Å². The summed E-state index contributed by atoms with van der Waals surface area (Å²) in [5.41, 5.74) is 15.6. The van der Waals surface area contributed by atoms with Crippen LogP contribution in [0.15, 0.2) is 242 Å². The molecule has 0 amide bonds. The SMILES string of the molecule is [2H]c1c([2H])c([2H])c(-c2ccc3c(c2)N(c2c(-c4ccc(C(C)(C)C)cc4)cc(C(C)(C)C)cc2-c2cc(C(C)(C)C)cc(C(C)(C)C)c2)c2cc(-c4cc(C(C)(C)C)cc(C(C)(C)C)c4)cc4c2B3c2ccc(-n3c5ccc(C(C)(C)C)cc5c5cc(C(C)(C)C)ccc53)cc2N4c2c(-c3c([2H])c([2H])c(C(C)(C)C)c([2H])c3[2H])c([2H])c(C(C)(C)C)c([2H])c2-c2c([2H])c(C(C)(C)C)c([2H])c([2H])c2C(C)(C)C)c([2H])c1[2H]. The van der Waals surface area contributed by atoms with Gasteiger partial charge in [0, 0.05) is 61.5 Å². The summed E-state index contributed by atoms with van der Waals surface area (Å²) < 4.78 is 151. The molecule has 0 atom stereocenters. The van der Waals surface area contributed by atoms with Gasteiger partial charge in [-0.1, -0.05) is 413 Å². The molecule has 2 aliphatic rings. The van der Waals surface area contributed by atoms with Crippen LogP contribution < -0.4 is 26.2 Å². The standard InChI is InChI=1S/C126H148BN3/c1-115(2,3)84-47-42-78(43-48-84)96-72-93(124(28,29)30)74-98(83-62-91(122(22,23)24)68-92(63-83)123(25,26)27)113(96)129-108-64-80(77-40-38-37-39-41-77)46-56-104(108)127-105-57-54-95(128-106-58-52-87(118(10,11)12)70-100(106)101-71-88(119(13,14)15)53-59-107(101)128)76-109(105)130(111-66-82(65-110(129)112(111)127)81-60-89(120(16,17)18)67-90(61-81)121(19,20)21)114-97(79-44-49-85(50-45-79)116(4,5)6)73-94(125(31,32)33)75-102(114)99-69-86(117(7,8)9)51-55-103(99)126(34,35)36/h37-76H,1-36H3/i37D,38D,39D,40D,41D,44D,45D,49D,50D,51D,55D,69D,73D,75D. The zero-order valence-electron chi connectivity index (χ0n) is 98.9. The van der Waals surface area contributed by atoms with Crippen molar-refractivity contribution >= 4 is 79.0 Å². The highest BCUT2D eigenvalue weighted by Crippen LogP contribution is 2.58. The summed E-state index contributed by atoms with van der Waals surface area (Å²) in [6, 6.07) is 53.8. The Bertz CT molecular complexity index is 7510. The first kappa shape index (κ1) is 75.9. The van der Waals surface area contributed by atoms with Gasteiger partial charge >= 0.3 is 0 Å². The summed E-state index contributed by atoms with van der Waals surface area (Å²) in [6.07, 6.45) is 0. The summed E-state index contributed by atoms with van der Waals surface area (Å²) >= 11 is 0. The van der Waals surface area contributed by atoms with E-state index in [0.717, 1.165) is 105 Å². The predicted molar refractivity (Wildman–Crippen MR) is 572 cm³/mol. The molecule has 2 aliphatic heterocycles. The third-order valence-corrected chi connectivity index (χ3v) is 27.0. The Morgan fingerprint density at radius 2 is 0.592 bits per heavy atom. The Hall–Kier alpha value is -10.7. The summed E-state index contributed by atoms with van der Waals surface area (Å²) in [5.74, 6) is 0. The molecule has 0 fully saturated rings. The van der Waals surface area contributed by atoms with Gasteiger partial charge in [-0.15, -0.1) is 0 Å². The van der Waals surface area contributed by atoms with Crippen LogP contribution in [0.3, 0.4) is 0 Å². The Morgan fingerprint density at radius 3 is 1.05 bits per heavy atom. The molecule has 3 heterocycles. The number of benzene rings is 13. The molecule has 13 aromatic carbocycles. The van der Waals surface area contributed by atoms with E-state index in [1.165, 1.54) is 0 Å². The molecule has 0 radical (unpaired) electrons. The third kappa shape index (κ3) is 17.4. The van der Waals surface area contributed by atoms with E-state index >= 15 is 0 Å². The van der Waals surface area contributed by atoms with Gasteiger partial charge in [-0.05, 0) is 271 Å². The number of hydrogen-bond donors (Lipinski definition) is 0. The largest absolute Gasteiger partial charge is 0.310 e. The highest BCUT2D eigenvalue weighted by atomic mass is 15.2. The van der Waals surface area contributed by atoms with Gasteiger partial charge in [0.2, 0.25) is 0 Å². The molecule has 0 bridgehead atoms. The van der Waals surface area contributed by atoms with E-state index in [1.807, 2.05) is 95.2 Å². The Balaban J connectivity index is 1.28. The van der Waals surface area contributed by atoms with Crippen molar-refractivity contribution in [2.24, 2.45) is 0 Å². The van der Waals surface area contributed by atoms with Crippen LogP contribution in [0, 0.1) is 0 Å². The minimum Gasteiger partial charge on any atom is -0.310 e. The van der Waals surface area contributed by atoms with E-state index in [2.05, 4.69) is 326 Å². The minimum absolute atomic E-state index is 0.00940. The average Bonchev–Trinajstić information content (AvgIpc) is 0.741. The van der Waals surface area contributed by atoms with Crippen molar-refractivity contribution in [3.8, 4) is 72.4 Å². The lowest BCUT2D eigenvalue weighted by atomic mass is 9.33. The third-order valence-electron chi connectivity index (χ3n) is 27.0. The van der Waals surface area contributed by atoms with Crippen LogP contribution in [0.1, 0.15) is 335 Å². The quantitative estimate of drug-likeness (QED) is 0.133. The molecule has 1 aromatic heterocycles. The maximum absolute atomic E-state index is 12.0. The fourth-order valence-electron chi connectivity index (χ4n) is 18.6. The lowest BCUT2D eigenvalue weighted by molar-refractivity contribution is 0.568. The van der Waals surface area contributed by atoms with Gasteiger partial charge in [-0.2, -0.15) is 0 Å². The Kier molecular flexibility index (Phi) is 18.4. The van der Waals surface area contributed by atoms with Crippen LogP contribution in [0.2, 0.25) is 0 Å². The van der Waals surface area contributed by atoms with Crippen molar-refractivity contribution in [1.29, 1.82) is 0 Å². The second-order valence-electron chi connectivity index (χ2n) is 49.9. The van der Waals surface area contributed by atoms with Gasteiger partial charge in [-0.25, -0.2) is 0 Å². The van der Waals surface area contributed by atoms with E-state index in [4.69, 9.17) is 1.37 Å². The first-order valence-corrected chi connectivity index (χ1v) is 47.2. The maximum Gasteiger partial charge on any atom is 0.252 e. The van der Waals surface area contributed by atoms with Gasteiger partial charge in [0.15, 0.2) is 0 Å². The Labute approximate surface area is 803 Å².